The van der Waals surface area contributed by atoms with Crippen molar-refractivity contribution in [1.29, 1.82) is 0 Å². The number of rotatable bonds is 6. The molecule has 0 bridgehead atoms. The summed E-state index contributed by atoms with van der Waals surface area (Å²) in [6.45, 7) is 3.68. The first-order valence-electron chi connectivity index (χ1n) is 7.24. The lowest BCUT2D eigenvalue weighted by atomic mass is 10.1. The van der Waals surface area contributed by atoms with E-state index in [4.69, 9.17) is 14.0 Å². The molecule has 0 aliphatic heterocycles. The van der Waals surface area contributed by atoms with Crippen molar-refractivity contribution in [3.8, 4) is 0 Å². The molecule has 1 heterocycles. The SMILES string of the molecule is CCOC(=O)c1onc(/C=C/c2ccccc2)c1C(=O)OCC. The van der Waals surface area contributed by atoms with E-state index in [0.29, 0.717) is 0 Å². The van der Waals surface area contributed by atoms with Gasteiger partial charge in [0.15, 0.2) is 0 Å². The van der Waals surface area contributed by atoms with Crippen molar-refractivity contribution in [3.63, 3.8) is 0 Å². The third-order valence-electron chi connectivity index (χ3n) is 2.89. The summed E-state index contributed by atoms with van der Waals surface area (Å²) in [5.74, 6) is -1.68. The average Bonchev–Trinajstić information content (AvgIpc) is 2.98. The zero-order valence-electron chi connectivity index (χ0n) is 12.9. The van der Waals surface area contributed by atoms with Crippen LogP contribution in [0, 0.1) is 0 Å². The Kier molecular flexibility index (Phi) is 5.68. The second-order valence-corrected chi connectivity index (χ2v) is 4.46. The molecule has 6 heteroatoms. The molecular formula is C17H17NO5. The molecule has 0 amide bonds. The Morgan fingerprint density at radius 3 is 2.35 bits per heavy atom. The van der Waals surface area contributed by atoms with Gasteiger partial charge < -0.3 is 14.0 Å². The Morgan fingerprint density at radius 1 is 1.04 bits per heavy atom. The molecular weight excluding hydrogens is 298 g/mol. The highest BCUT2D eigenvalue weighted by Crippen LogP contribution is 2.19. The molecule has 120 valence electrons. The van der Waals surface area contributed by atoms with Crippen molar-refractivity contribution < 1.29 is 23.6 Å². The van der Waals surface area contributed by atoms with Gasteiger partial charge in [0.2, 0.25) is 0 Å². The van der Waals surface area contributed by atoms with Crippen LogP contribution in [0.4, 0.5) is 0 Å². The number of benzene rings is 1. The number of nitrogens with zero attached hydrogens (tertiary/aromatic N) is 1. The molecule has 0 saturated heterocycles. The first-order chi connectivity index (χ1) is 11.2. The lowest BCUT2D eigenvalue weighted by molar-refractivity contribution is 0.0445. The van der Waals surface area contributed by atoms with Crippen LogP contribution in [0.5, 0.6) is 0 Å². The summed E-state index contributed by atoms with van der Waals surface area (Å²) in [5.41, 5.74) is 1.11. The molecule has 23 heavy (non-hydrogen) atoms. The second-order valence-electron chi connectivity index (χ2n) is 4.46. The standard InChI is InChI=1S/C17H17NO5/c1-3-21-16(19)14-13(11-10-12-8-6-5-7-9-12)18-23-15(14)17(20)22-4-2/h5-11H,3-4H2,1-2H3/b11-10+. The van der Waals surface area contributed by atoms with Crippen molar-refractivity contribution in [2.75, 3.05) is 13.2 Å². The van der Waals surface area contributed by atoms with Crippen LogP contribution < -0.4 is 0 Å². The predicted octanol–water partition coefficient (Wildman–Crippen LogP) is 3.20. The fourth-order valence-electron chi connectivity index (χ4n) is 1.89. The largest absolute Gasteiger partial charge is 0.462 e. The summed E-state index contributed by atoms with van der Waals surface area (Å²) in [6, 6.07) is 9.47. The van der Waals surface area contributed by atoms with E-state index in [1.165, 1.54) is 0 Å². The molecule has 0 unspecified atom stereocenters. The van der Waals surface area contributed by atoms with Crippen molar-refractivity contribution in [2.45, 2.75) is 13.8 Å². The molecule has 0 aliphatic rings. The van der Waals surface area contributed by atoms with Gasteiger partial charge in [-0.25, -0.2) is 9.59 Å². The number of hydrogen-bond donors (Lipinski definition) is 0. The highest BCUT2D eigenvalue weighted by atomic mass is 16.6. The smallest absolute Gasteiger partial charge is 0.378 e. The molecule has 6 nitrogen and oxygen atoms in total. The normalized spacial score (nSPS) is 10.7. The van der Waals surface area contributed by atoms with Gasteiger partial charge in [-0.2, -0.15) is 0 Å². The van der Waals surface area contributed by atoms with Crippen LogP contribution in [0.1, 0.15) is 46.0 Å². The molecule has 0 aliphatic carbocycles. The van der Waals surface area contributed by atoms with Gasteiger partial charge in [0.25, 0.3) is 5.76 Å². The van der Waals surface area contributed by atoms with Gasteiger partial charge in [-0.15, -0.1) is 0 Å². The van der Waals surface area contributed by atoms with Crippen molar-refractivity contribution in [1.82, 2.24) is 5.16 Å². The summed E-state index contributed by atoms with van der Waals surface area (Å²) in [6.07, 6.45) is 3.35. The van der Waals surface area contributed by atoms with E-state index in [0.717, 1.165) is 5.56 Å². The van der Waals surface area contributed by atoms with Gasteiger partial charge in [-0.1, -0.05) is 41.6 Å². The maximum absolute atomic E-state index is 12.1. The molecule has 0 radical (unpaired) electrons. The van der Waals surface area contributed by atoms with E-state index in [9.17, 15) is 9.59 Å². The Morgan fingerprint density at radius 2 is 1.70 bits per heavy atom. The molecule has 0 spiro atoms. The first kappa shape index (κ1) is 16.5. The van der Waals surface area contributed by atoms with Crippen molar-refractivity contribution >= 4 is 24.1 Å². The van der Waals surface area contributed by atoms with Crippen LogP contribution >= 0.6 is 0 Å². The lowest BCUT2D eigenvalue weighted by Gasteiger charge is -2.02. The van der Waals surface area contributed by atoms with E-state index in [-0.39, 0.29) is 30.2 Å². The zero-order chi connectivity index (χ0) is 16.7. The monoisotopic (exact) mass is 315 g/mol. The fraction of sp³-hybridized carbons (Fsp3) is 0.235. The van der Waals surface area contributed by atoms with E-state index in [1.54, 1.807) is 26.0 Å². The minimum atomic E-state index is -0.748. The summed E-state index contributed by atoms with van der Waals surface area (Å²) in [5, 5.41) is 3.77. The Balaban J connectivity index is 2.37. The van der Waals surface area contributed by atoms with Crippen molar-refractivity contribution in [2.24, 2.45) is 0 Å². The Hall–Kier alpha value is -2.89. The second kappa shape index (κ2) is 7.93. The van der Waals surface area contributed by atoms with Gasteiger partial charge in [-0.05, 0) is 25.5 Å². The molecule has 0 saturated carbocycles. The van der Waals surface area contributed by atoms with Crippen LogP contribution in [0.2, 0.25) is 0 Å². The molecule has 0 fully saturated rings. The lowest BCUT2D eigenvalue weighted by Crippen LogP contribution is -2.13. The summed E-state index contributed by atoms with van der Waals surface area (Å²) >= 11 is 0. The van der Waals surface area contributed by atoms with Crippen molar-refractivity contribution in [3.05, 3.63) is 52.9 Å². The summed E-state index contributed by atoms with van der Waals surface area (Å²) < 4.78 is 14.8. The number of carbonyl (C=O) groups excluding carboxylic acids is 2. The molecule has 1 aromatic heterocycles. The zero-order valence-corrected chi connectivity index (χ0v) is 12.9. The Labute approximate surface area is 133 Å². The Bertz CT molecular complexity index is 703. The van der Waals surface area contributed by atoms with Crippen LogP contribution in [0.25, 0.3) is 12.2 Å². The number of carbonyl (C=O) groups is 2. The summed E-state index contributed by atoms with van der Waals surface area (Å²) in [4.78, 5) is 24.0. The molecule has 0 atom stereocenters. The molecule has 2 rings (SSSR count). The van der Waals surface area contributed by atoms with Crippen LogP contribution in [0.15, 0.2) is 34.9 Å². The number of esters is 2. The van der Waals surface area contributed by atoms with E-state index < -0.39 is 11.9 Å². The number of ether oxygens (including phenoxy) is 2. The van der Waals surface area contributed by atoms with E-state index in [2.05, 4.69) is 5.16 Å². The minimum absolute atomic E-state index is 0.0301. The maximum atomic E-state index is 12.1. The quantitative estimate of drug-likeness (QED) is 0.762. The maximum Gasteiger partial charge on any atom is 0.378 e. The van der Waals surface area contributed by atoms with Gasteiger partial charge in [0.1, 0.15) is 11.3 Å². The highest BCUT2D eigenvalue weighted by molar-refractivity contribution is 6.03. The topological polar surface area (TPSA) is 78.6 Å². The molecule has 2 aromatic rings. The van der Waals surface area contributed by atoms with E-state index in [1.807, 2.05) is 30.3 Å². The third-order valence-corrected chi connectivity index (χ3v) is 2.89. The van der Waals surface area contributed by atoms with Crippen LogP contribution in [0.3, 0.4) is 0 Å². The number of hydrogen-bond acceptors (Lipinski definition) is 6. The van der Waals surface area contributed by atoms with Gasteiger partial charge in [0.05, 0.1) is 13.2 Å². The van der Waals surface area contributed by atoms with Crippen LogP contribution in [-0.2, 0) is 9.47 Å². The minimum Gasteiger partial charge on any atom is -0.462 e. The highest BCUT2D eigenvalue weighted by Gasteiger charge is 2.28. The summed E-state index contributed by atoms with van der Waals surface area (Å²) in [7, 11) is 0. The van der Waals surface area contributed by atoms with Crippen LogP contribution in [-0.4, -0.2) is 30.3 Å². The fourth-order valence-corrected chi connectivity index (χ4v) is 1.89. The molecule has 1 aromatic carbocycles. The van der Waals surface area contributed by atoms with Gasteiger partial charge >= 0.3 is 11.9 Å². The molecule has 0 N–H and O–H groups in total. The average molecular weight is 315 g/mol. The van der Waals surface area contributed by atoms with Gasteiger partial charge in [-0.3, -0.25) is 0 Å². The van der Waals surface area contributed by atoms with E-state index >= 15 is 0 Å². The third kappa shape index (κ3) is 4.06. The predicted molar refractivity (Wildman–Crippen MR) is 83.8 cm³/mol. The first-order valence-corrected chi connectivity index (χ1v) is 7.24. The van der Waals surface area contributed by atoms with Gasteiger partial charge in [0, 0.05) is 0 Å². The number of aromatic nitrogens is 1.